The number of aliphatic imine (C=N–C) groups is 1. The highest BCUT2D eigenvalue weighted by molar-refractivity contribution is 5.81. The standard InChI is InChI=1S/C18H30N4O2/c1-3-19-18(20-10-8-16-7-5-13-24-16)21-11-9-17(23)22-12-4-6-15(2)14-22/h5,7,13,15H,3-4,6,8-12,14H2,1-2H3,(H2,19,20,21). The number of carbonyl (C=O) groups excluding carboxylic acids is 1. The van der Waals surface area contributed by atoms with Crippen molar-refractivity contribution in [3.05, 3.63) is 24.2 Å². The molecule has 0 bridgehead atoms. The van der Waals surface area contributed by atoms with Crippen LogP contribution in [0.3, 0.4) is 0 Å². The molecule has 0 saturated carbocycles. The maximum absolute atomic E-state index is 12.3. The summed E-state index contributed by atoms with van der Waals surface area (Å²) in [5, 5.41) is 6.45. The normalized spacial score (nSPS) is 18.5. The number of amides is 1. The number of hydrogen-bond donors (Lipinski definition) is 2. The first-order valence-corrected chi connectivity index (χ1v) is 9.01. The Hall–Kier alpha value is -1.98. The Morgan fingerprint density at radius 2 is 2.33 bits per heavy atom. The van der Waals surface area contributed by atoms with Crippen molar-refractivity contribution < 1.29 is 9.21 Å². The molecule has 6 nitrogen and oxygen atoms in total. The van der Waals surface area contributed by atoms with Crippen LogP contribution >= 0.6 is 0 Å². The van der Waals surface area contributed by atoms with E-state index in [2.05, 4.69) is 22.5 Å². The highest BCUT2D eigenvalue weighted by Gasteiger charge is 2.20. The van der Waals surface area contributed by atoms with E-state index in [4.69, 9.17) is 4.42 Å². The van der Waals surface area contributed by atoms with Crippen molar-refractivity contribution in [2.24, 2.45) is 10.9 Å². The fourth-order valence-electron chi connectivity index (χ4n) is 2.94. The molecule has 1 aromatic heterocycles. The number of hydrogen-bond acceptors (Lipinski definition) is 3. The second-order valence-corrected chi connectivity index (χ2v) is 6.35. The van der Waals surface area contributed by atoms with E-state index in [0.29, 0.717) is 25.4 Å². The number of rotatable bonds is 7. The van der Waals surface area contributed by atoms with Gasteiger partial charge in [0.2, 0.25) is 5.91 Å². The maximum atomic E-state index is 12.3. The average Bonchev–Trinajstić information content (AvgIpc) is 3.08. The second-order valence-electron chi connectivity index (χ2n) is 6.35. The SMILES string of the molecule is CCNC(=NCCc1ccco1)NCCC(=O)N1CCCC(C)C1. The van der Waals surface area contributed by atoms with Crippen LogP contribution in [0, 0.1) is 5.92 Å². The van der Waals surface area contributed by atoms with Crippen LogP contribution in [-0.2, 0) is 11.2 Å². The first-order chi connectivity index (χ1) is 11.7. The van der Waals surface area contributed by atoms with E-state index < -0.39 is 0 Å². The maximum Gasteiger partial charge on any atom is 0.224 e. The van der Waals surface area contributed by atoms with Crippen molar-refractivity contribution in [3.8, 4) is 0 Å². The van der Waals surface area contributed by atoms with E-state index in [1.54, 1.807) is 6.26 Å². The van der Waals surface area contributed by atoms with Gasteiger partial charge in [-0.2, -0.15) is 0 Å². The van der Waals surface area contributed by atoms with Crippen LogP contribution < -0.4 is 10.6 Å². The summed E-state index contributed by atoms with van der Waals surface area (Å²) in [6.07, 6.45) is 5.31. The number of guanidine groups is 1. The number of likely N-dealkylation sites (tertiary alicyclic amines) is 1. The lowest BCUT2D eigenvalue weighted by Gasteiger charge is -2.31. The zero-order chi connectivity index (χ0) is 17.2. The smallest absolute Gasteiger partial charge is 0.224 e. The molecule has 2 rings (SSSR count). The van der Waals surface area contributed by atoms with Crippen molar-refractivity contribution in [2.45, 2.75) is 39.5 Å². The summed E-state index contributed by atoms with van der Waals surface area (Å²) < 4.78 is 5.30. The third-order valence-electron chi connectivity index (χ3n) is 4.19. The number of carbonyl (C=O) groups is 1. The third-order valence-corrected chi connectivity index (χ3v) is 4.19. The molecule has 2 heterocycles. The van der Waals surface area contributed by atoms with E-state index in [-0.39, 0.29) is 5.91 Å². The molecule has 0 aliphatic carbocycles. The van der Waals surface area contributed by atoms with Gasteiger partial charge in [0.1, 0.15) is 5.76 Å². The Kier molecular flexibility index (Phi) is 7.65. The number of nitrogens with zero attached hydrogens (tertiary/aromatic N) is 2. The largest absolute Gasteiger partial charge is 0.469 e. The molecule has 134 valence electrons. The van der Waals surface area contributed by atoms with Crippen LogP contribution in [0.2, 0.25) is 0 Å². The monoisotopic (exact) mass is 334 g/mol. The van der Waals surface area contributed by atoms with Crippen LogP contribution in [0.4, 0.5) is 0 Å². The van der Waals surface area contributed by atoms with E-state index in [0.717, 1.165) is 44.2 Å². The second kappa shape index (κ2) is 10.0. The Labute approximate surface area is 144 Å². The van der Waals surface area contributed by atoms with Gasteiger partial charge in [-0.1, -0.05) is 6.92 Å². The van der Waals surface area contributed by atoms with Crippen LogP contribution in [0.15, 0.2) is 27.8 Å². The molecule has 2 N–H and O–H groups in total. The molecule has 24 heavy (non-hydrogen) atoms. The van der Waals surface area contributed by atoms with Gasteiger partial charge in [-0.25, -0.2) is 0 Å². The number of piperidine rings is 1. The summed E-state index contributed by atoms with van der Waals surface area (Å²) in [6, 6.07) is 3.84. The van der Waals surface area contributed by atoms with Gasteiger partial charge in [0.15, 0.2) is 5.96 Å². The molecule has 6 heteroatoms. The van der Waals surface area contributed by atoms with E-state index in [9.17, 15) is 4.79 Å². The molecule has 1 unspecified atom stereocenters. The average molecular weight is 334 g/mol. The summed E-state index contributed by atoms with van der Waals surface area (Å²) in [6.45, 7) is 8.11. The van der Waals surface area contributed by atoms with E-state index in [1.807, 2.05) is 24.0 Å². The van der Waals surface area contributed by atoms with Crippen LogP contribution in [0.25, 0.3) is 0 Å². The fraction of sp³-hybridized carbons (Fsp3) is 0.667. The predicted molar refractivity (Wildman–Crippen MR) is 96.0 cm³/mol. The molecule has 1 aliphatic heterocycles. The Bertz CT molecular complexity index is 513. The van der Waals surface area contributed by atoms with E-state index >= 15 is 0 Å². The first kappa shape index (κ1) is 18.4. The molecule has 1 aliphatic rings. The summed E-state index contributed by atoms with van der Waals surface area (Å²) in [5.41, 5.74) is 0. The molecule has 0 radical (unpaired) electrons. The summed E-state index contributed by atoms with van der Waals surface area (Å²) in [7, 11) is 0. The number of furan rings is 1. The highest BCUT2D eigenvalue weighted by atomic mass is 16.3. The zero-order valence-corrected chi connectivity index (χ0v) is 14.9. The van der Waals surface area contributed by atoms with Crippen LogP contribution in [-0.4, -0.2) is 49.5 Å². The lowest BCUT2D eigenvalue weighted by Crippen LogP contribution is -2.42. The molecule has 1 amide bonds. The third kappa shape index (κ3) is 6.26. The molecule has 1 saturated heterocycles. The summed E-state index contributed by atoms with van der Waals surface area (Å²) in [4.78, 5) is 18.8. The molecule has 1 atom stereocenters. The van der Waals surface area contributed by atoms with Crippen LogP contribution in [0.1, 0.15) is 38.9 Å². The quantitative estimate of drug-likeness (QED) is 0.591. The number of nitrogens with one attached hydrogen (secondary N) is 2. The summed E-state index contributed by atoms with van der Waals surface area (Å²) >= 11 is 0. The molecular formula is C18H30N4O2. The van der Waals surface area contributed by atoms with Gasteiger partial charge in [-0.05, 0) is 37.8 Å². The lowest BCUT2D eigenvalue weighted by atomic mass is 10.00. The van der Waals surface area contributed by atoms with Crippen molar-refractivity contribution in [3.63, 3.8) is 0 Å². The Balaban J connectivity index is 1.71. The van der Waals surface area contributed by atoms with E-state index in [1.165, 1.54) is 6.42 Å². The van der Waals surface area contributed by atoms with Crippen molar-refractivity contribution in [1.82, 2.24) is 15.5 Å². The van der Waals surface area contributed by atoms with Gasteiger partial charge >= 0.3 is 0 Å². The fourth-order valence-corrected chi connectivity index (χ4v) is 2.94. The molecule has 1 aromatic rings. The van der Waals surface area contributed by atoms with Gasteiger partial charge in [-0.3, -0.25) is 9.79 Å². The van der Waals surface area contributed by atoms with Crippen LogP contribution in [0.5, 0.6) is 0 Å². The van der Waals surface area contributed by atoms with Crippen molar-refractivity contribution in [1.29, 1.82) is 0 Å². The van der Waals surface area contributed by atoms with Gasteiger partial charge in [-0.15, -0.1) is 0 Å². The topological polar surface area (TPSA) is 69.9 Å². The van der Waals surface area contributed by atoms with Gasteiger partial charge in [0.25, 0.3) is 0 Å². The molecule has 1 fully saturated rings. The zero-order valence-electron chi connectivity index (χ0n) is 14.9. The Morgan fingerprint density at radius 3 is 3.04 bits per heavy atom. The minimum atomic E-state index is 0.237. The summed E-state index contributed by atoms with van der Waals surface area (Å²) in [5.74, 6) is 2.55. The van der Waals surface area contributed by atoms with Crippen molar-refractivity contribution >= 4 is 11.9 Å². The first-order valence-electron chi connectivity index (χ1n) is 9.01. The minimum Gasteiger partial charge on any atom is -0.469 e. The lowest BCUT2D eigenvalue weighted by molar-refractivity contribution is -0.132. The minimum absolute atomic E-state index is 0.237. The molecule has 0 spiro atoms. The predicted octanol–water partition coefficient (Wildman–Crippen LogP) is 2.03. The Morgan fingerprint density at radius 1 is 1.46 bits per heavy atom. The molecular weight excluding hydrogens is 304 g/mol. The van der Waals surface area contributed by atoms with Gasteiger partial charge in [0, 0.05) is 45.6 Å². The highest BCUT2D eigenvalue weighted by Crippen LogP contribution is 2.15. The van der Waals surface area contributed by atoms with Gasteiger partial charge in [0.05, 0.1) is 6.26 Å². The van der Waals surface area contributed by atoms with Crippen molar-refractivity contribution in [2.75, 3.05) is 32.7 Å². The molecule has 0 aromatic carbocycles. The van der Waals surface area contributed by atoms with Gasteiger partial charge < -0.3 is 20.0 Å².